The summed E-state index contributed by atoms with van der Waals surface area (Å²) in [4.78, 5) is 4.00. The molecule has 0 aliphatic carbocycles. The van der Waals surface area contributed by atoms with Gasteiger partial charge in [-0.3, -0.25) is 9.38 Å². The zero-order valence-electron chi connectivity index (χ0n) is 16.4. The van der Waals surface area contributed by atoms with Crippen LogP contribution in [0, 0.1) is 12.7 Å². The van der Waals surface area contributed by atoms with E-state index in [2.05, 4.69) is 15.2 Å². The van der Waals surface area contributed by atoms with Crippen LogP contribution >= 0.6 is 0 Å². The van der Waals surface area contributed by atoms with E-state index in [0.717, 1.165) is 5.69 Å². The van der Waals surface area contributed by atoms with Crippen LogP contribution in [0.3, 0.4) is 0 Å². The number of methoxy groups -OCH3 is 1. The van der Waals surface area contributed by atoms with Crippen LogP contribution < -0.4 is 4.74 Å². The third-order valence-corrected chi connectivity index (χ3v) is 5.03. The number of alkyl halides is 2. The lowest BCUT2D eigenvalue weighted by atomic mass is 10.0. The summed E-state index contributed by atoms with van der Waals surface area (Å²) in [5.74, 6) is 0.150. The number of fused-ring (bicyclic) bond motifs is 1. The largest absolute Gasteiger partial charge is 0.496 e. The van der Waals surface area contributed by atoms with Gasteiger partial charge < -0.3 is 4.74 Å². The number of hydrogen-bond acceptors (Lipinski definition) is 4. The van der Waals surface area contributed by atoms with Crippen molar-refractivity contribution >= 4 is 5.65 Å². The van der Waals surface area contributed by atoms with E-state index < -0.39 is 6.43 Å². The molecule has 3 aromatic heterocycles. The first-order valence-corrected chi connectivity index (χ1v) is 9.38. The van der Waals surface area contributed by atoms with Gasteiger partial charge in [0, 0.05) is 28.1 Å². The Hall–Kier alpha value is -3.42. The van der Waals surface area contributed by atoms with E-state index in [4.69, 9.17) is 4.74 Å². The molecule has 0 saturated heterocycles. The standard InChI is InChI=1S/C22H19F3N4O/c1-13-6-9-15(20(27-13)21(24)25)16-10-7-14(29-12-26-28-22(16)29)8-11-17-18(23)4-3-5-19(17)30-2/h3-7,9-10,12,21H,8,11H2,1-2H3. The Morgan fingerprint density at radius 3 is 2.60 bits per heavy atom. The molecule has 4 rings (SSSR count). The van der Waals surface area contributed by atoms with Crippen LogP contribution in [0.5, 0.6) is 5.75 Å². The summed E-state index contributed by atoms with van der Waals surface area (Å²) >= 11 is 0. The van der Waals surface area contributed by atoms with Crippen LogP contribution in [0.25, 0.3) is 16.8 Å². The summed E-state index contributed by atoms with van der Waals surface area (Å²) in [6, 6.07) is 11.6. The summed E-state index contributed by atoms with van der Waals surface area (Å²) < 4.78 is 48.4. The number of ether oxygens (including phenoxy) is 1. The fourth-order valence-corrected chi connectivity index (χ4v) is 3.57. The molecule has 154 valence electrons. The first kappa shape index (κ1) is 19.9. The van der Waals surface area contributed by atoms with Gasteiger partial charge in [-0.1, -0.05) is 12.1 Å². The fraction of sp³-hybridized carbons (Fsp3) is 0.227. The van der Waals surface area contributed by atoms with E-state index in [-0.39, 0.29) is 11.5 Å². The summed E-state index contributed by atoms with van der Waals surface area (Å²) in [6.45, 7) is 1.67. The van der Waals surface area contributed by atoms with Gasteiger partial charge in [0.25, 0.3) is 6.43 Å². The van der Waals surface area contributed by atoms with E-state index in [0.29, 0.717) is 46.6 Å². The Morgan fingerprint density at radius 1 is 1.03 bits per heavy atom. The molecular weight excluding hydrogens is 393 g/mol. The maximum Gasteiger partial charge on any atom is 0.280 e. The molecule has 8 heteroatoms. The van der Waals surface area contributed by atoms with Crippen LogP contribution in [0.1, 0.15) is 29.1 Å². The minimum Gasteiger partial charge on any atom is -0.496 e. The lowest BCUT2D eigenvalue weighted by molar-refractivity contribution is 0.146. The number of hydrogen-bond donors (Lipinski definition) is 0. The predicted molar refractivity (Wildman–Crippen MR) is 106 cm³/mol. The van der Waals surface area contributed by atoms with Crippen molar-refractivity contribution in [3.05, 3.63) is 77.3 Å². The van der Waals surface area contributed by atoms with Crippen LogP contribution in [-0.4, -0.2) is 26.7 Å². The van der Waals surface area contributed by atoms with Crippen molar-refractivity contribution in [3.8, 4) is 16.9 Å². The second kappa shape index (κ2) is 8.14. The summed E-state index contributed by atoms with van der Waals surface area (Å²) in [5.41, 5.74) is 2.81. The average molecular weight is 412 g/mol. The molecule has 0 unspecified atom stereocenters. The molecular formula is C22H19F3N4O. The molecule has 30 heavy (non-hydrogen) atoms. The summed E-state index contributed by atoms with van der Waals surface area (Å²) in [7, 11) is 1.50. The normalized spacial score (nSPS) is 11.4. The number of rotatable bonds is 6. The molecule has 0 N–H and O–H groups in total. The number of aryl methyl sites for hydroxylation is 2. The third-order valence-electron chi connectivity index (χ3n) is 5.03. The molecule has 0 radical (unpaired) electrons. The number of halogens is 3. The third kappa shape index (κ3) is 3.60. The van der Waals surface area contributed by atoms with Gasteiger partial charge in [0.2, 0.25) is 0 Å². The second-order valence-corrected chi connectivity index (χ2v) is 6.87. The molecule has 0 amide bonds. The SMILES string of the molecule is COc1cccc(F)c1CCc1ccc(-c2ccc(C)nc2C(F)F)c2nncn12. The molecule has 0 aliphatic rings. The average Bonchev–Trinajstić information content (AvgIpc) is 3.23. The molecule has 0 fully saturated rings. The Morgan fingerprint density at radius 2 is 1.83 bits per heavy atom. The van der Waals surface area contributed by atoms with Crippen LogP contribution in [0.15, 0.2) is 48.8 Å². The Balaban J connectivity index is 1.73. The highest BCUT2D eigenvalue weighted by Gasteiger charge is 2.20. The molecule has 5 nitrogen and oxygen atoms in total. The van der Waals surface area contributed by atoms with Gasteiger partial charge in [0.15, 0.2) is 5.65 Å². The second-order valence-electron chi connectivity index (χ2n) is 6.87. The van der Waals surface area contributed by atoms with E-state index in [1.165, 1.54) is 19.5 Å². The number of nitrogens with zero attached hydrogens (tertiary/aromatic N) is 4. The first-order valence-electron chi connectivity index (χ1n) is 9.38. The van der Waals surface area contributed by atoms with Crippen molar-refractivity contribution in [1.29, 1.82) is 0 Å². The monoisotopic (exact) mass is 412 g/mol. The van der Waals surface area contributed by atoms with Crippen molar-refractivity contribution < 1.29 is 17.9 Å². The minimum absolute atomic E-state index is 0.288. The van der Waals surface area contributed by atoms with E-state index >= 15 is 0 Å². The highest BCUT2D eigenvalue weighted by molar-refractivity contribution is 5.79. The lowest BCUT2D eigenvalue weighted by Crippen LogP contribution is -2.04. The Labute approximate surface area is 171 Å². The quantitative estimate of drug-likeness (QED) is 0.449. The van der Waals surface area contributed by atoms with Gasteiger partial charge in [0.1, 0.15) is 23.6 Å². The Kier molecular flexibility index (Phi) is 5.39. The van der Waals surface area contributed by atoms with Crippen LogP contribution in [0.4, 0.5) is 13.2 Å². The van der Waals surface area contributed by atoms with Gasteiger partial charge in [-0.2, -0.15) is 0 Å². The number of benzene rings is 1. The van der Waals surface area contributed by atoms with Crippen molar-refractivity contribution in [2.75, 3.05) is 7.11 Å². The summed E-state index contributed by atoms with van der Waals surface area (Å²) in [6.07, 6.45) is -0.302. The zero-order chi connectivity index (χ0) is 21.3. The predicted octanol–water partition coefficient (Wildman–Crippen LogP) is 4.97. The molecule has 4 aromatic rings. The first-order chi connectivity index (χ1) is 14.5. The number of aromatic nitrogens is 4. The van der Waals surface area contributed by atoms with Gasteiger partial charge in [-0.05, 0) is 50.1 Å². The highest BCUT2D eigenvalue weighted by atomic mass is 19.3. The molecule has 0 aliphatic heterocycles. The Bertz CT molecular complexity index is 1210. The van der Waals surface area contributed by atoms with Crippen LogP contribution in [-0.2, 0) is 12.8 Å². The zero-order valence-corrected chi connectivity index (χ0v) is 16.4. The fourth-order valence-electron chi connectivity index (χ4n) is 3.57. The molecule has 1 aromatic carbocycles. The maximum atomic E-state index is 14.2. The molecule has 0 bridgehead atoms. The van der Waals surface area contributed by atoms with E-state index in [1.54, 1.807) is 41.7 Å². The lowest BCUT2D eigenvalue weighted by Gasteiger charge is -2.13. The maximum absolute atomic E-state index is 14.2. The topological polar surface area (TPSA) is 52.3 Å². The van der Waals surface area contributed by atoms with Crippen molar-refractivity contribution in [3.63, 3.8) is 0 Å². The van der Waals surface area contributed by atoms with Gasteiger partial charge in [-0.15, -0.1) is 10.2 Å². The van der Waals surface area contributed by atoms with Gasteiger partial charge in [-0.25, -0.2) is 13.2 Å². The number of pyridine rings is 2. The van der Waals surface area contributed by atoms with Crippen LogP contribution in [0.2, 0.25) is 0 Å². The molecule has 0 saturated carbocycles. The summed E-state index contributed by atoms with van der Waals surface area (Å²) in [5, 5.41) is 8.08. The van der Waals surface area contributed by atoms with Gasteiger partial charge in [0.05, 0.1) is 7.11 Å². The minimum atomic E-state index is -2.71. The molecule has 0 atom stereocenters. The van der Waals surface area contributed by atoms with Crippen molar-refractivity contribution in [2.24, 2.45) is 0 Å². The van der Waals surface area contributed by atoms with Crippen molar-refractivity contribution in [1.82, 2.24) is 19.6 Å². The molecule has 3 heterocycles. The van der Waals surface area contributed by atoms with E-state index in [1.807, 2.05) is 6.07 Å². The molecule has 0 spiro atoms. The highest BCUT2D eigenvalue weighted by Crippen LogP contribution is 2.33. The smallest absolute Gasteiger partial charge is 0.280 e. The van der Waals surface area contributed by atoms with Crippen molar-refractivity contribution in [2.45, 2.75) is 26.2 Å². The van der Waals surface area contributed by atoms with E-state index in [9.17, 15) is 13.2 Å². The van der Waals surface area contributed by atoms with Gasteiger partial charge >= 0.3 is 0 Å².